The lowest BCUT2D eigenvalue weighted by Crippen LogP contribution is -2.47. The summed E-state index contributed by atoms with van der Waals surface area (Å²) in [4.78, 5) is 3.76. The Morgan fingerprint density at radius 2 is 2.47 bits per heavy atom. The standard InChI is InChI=1S/C13H22N2OS/c1-10(13-6-4-8-17-13)15(2)11(9-14)12-5-3-7-16-12/h4,6,8,10-12H,3,5,7,9,14H2,1-2H3. The molecule has 0 spiro atoms. The van der Waals surface area contributed by atoms with Crippen LogP contribution in [-0.2, 0) is 4.74 Å². The molecule has 3 unspecified atom stereocenters. The summed E-state index contributed by atoms with van der Waals surface area (Å²) in [7, 11) is 2.16. The highest BCUT2D eigenvalue weighted by Gasteiger charge is 2.30. The van der Waals surface area contributed by atoms with E-state index in [0.29, 0.717) is 24.7 Å². The summed E-state index contributed by atoms with van der Waals surface area (Å²) in [6.07, 6.45) is 2.62. The minimum absolute atomic E-state index is 0.312. The van der Waals surface area contributed by atoms with E-state index in [2.05, 4.69) is 36.4 Å². The van der Waals surface area contributed by atoms with Crippen LogP contribution in [0.3, 0.4) is 0 Å². The third-order valence-corrected chi connectivity index (χ3v) is 4.77. The smallest absolute Gasteiger partial charge is 0.0743 e. The lowest BCUT2D eigenvalue weighted by atomic mass is 10.0. The lowest BCUT2D eigenvalue weighted by Gasteiger charge is -2.35. The fraction of sp³-hybridized carbons (Fsp3) is 0.692. The quantitative estimate of drug-likeness (QED) is 0.876. The van der Waals surface area contributed by atoms with Crippen LogP contribution in [0.4, 0.5) is 0 Å². The van der Waals surface area contributed by atoms with Gasteiger partial charge in [0.2, 0.25) is 0 Å². The van der Waals surface area contributed by atoms with Gasteiger partial charge in [-0.25, -0.2) is 0 Å². The molecule has 0 radical (unpaired) electrons. The maximum Gasteiger partial charge on any atom is 0.0743 e. The van der Waals surface area contributed by atoms with Gasteiger partial charge in [-0.1, -0.05) is 6.07 Å². The summed E-state index contributed by atoms with van der Waals surface area (Å²) in [5, 5.41) is 2.13. The van der Waals surface area contributed by atoms with Gasteiger partial charge in [-0.15, -0.1) is 11.3 Å². The highest BCUT2D eigenvalue weighted by molar-refractivity contribution is 7.10. The monoisotopic (exact) mass is 254 g/mol. The van der Waals surface area contributed by atoms with E-state index in [1.54, 1.807) is 11.3 Å². The molecule has 2 rings (SSSR count). The number of nitrogens with two attached hydrogens (primary N) is 1. The van der Waals surface area contributed by atoms with Crippen LogP contribution in [0.2, 0.25) is 0 Å². The van der Waals surface area contributed by atoms with Gasteiger partial charge in [0, 0.05) is 30.1 Å². The van der Waals surface area contributed by atoms with Crippen LogP contribution in [0.15, 0.2) is 17.5 Å². The summed E-state index contributed by atoms with van der Waals surface area (Å²) in [6, 6.07) is 5.03. The highest BCUT2D eigenvalue weighted by Crippen LogP contribution is 2.28. The molecular formula is C13H22N2OS. The summed E-state index contributed by atoms with van der Waals surface area (Å²) < 4.78 is 5.78. The van der Waals surface area contributed by atoms with Crippen molar-refractivity contribution in [1.82, 2.24) is 4.90 Å². The predicted molar refractivity (Wildman–Crippen MR) is 72.3 cm³/mol. The SMILES string of the molecule is CC(c1cccs1)N(C)C(CN)C1CCCO1. The Morgan fingerprint density at radius 1 is 1.65 bits per heavy atom. The highest BCUT2D eigenvalue weighted by atomic mass is 32.1. The molecule has 96 valence electrons. The number of nitrogens with zero attached hydrogens (tertiary/aromatic N) is 1. The molecule has 0 aromatic carbocycles. The number of thiophene rings is 1. The maximum absolute atomic E-state index is 5.93. The molecule has 3 nitrogen and oxygen atoms in total. The zero-order valence-electron chi connectivity index (χ0n) is 10.6. The number of rotatable bonds is 5. The van der Waals surface area contributed by atoms with E-state index >= 15 is 0 Å². The van der Waals surface area contributed by atoms with Crippen LogP contribution in [0.5, 0.6) is 0 Å². The third-order valence-electron chi connectivity index (χ3n) is 3.72. The molecule has 0 amide bonds. The van der Waals surface area contributed by atoms with Crippen LogP contribution in [0.25, 0.3) is 0 Å². The minimum Gasteiger partial charge on any atom is -0.377 e. The lowest BCUT2D eigenvalue weighted by molar-refractivity contribution is 0.0241. The van der Waals surface area contributed by atoms with Crippen molar-refractivity contribution in [1.29, 1.82) is 0 Å². The second kappa shape index (κ2) is 5.96. The molecule has 0 saturated carbocycles. The predicted octanol–water partition coefficient (Wildman–Crippen LogP) is 2.25. The first-order valence-corrected chi connectivity index (χ1v) is 7.19. The van der Waals surface area contributed by atoms with Gasteiger partial charge in [-0.2, -0.15) is 0 Å². The Balaban J connectivity index is 2.03. The molecule has 1 aliphatic rings. The van der Waals surface area contributed by atoms with Gasteiger partial charge in [0.25, 0.3) is 0 Å². The molecular weight excluding hydrogens is 232 g/mol. The van der Waals surface area contributed by atoms with Crippen LogP contribution in [0.1, 0.15) is 30.7 Å². The van der Waals surface area contributed by atoms with E-state index in [0.717, 1.165) is 13.0 Å². The fourth-order valence-electron chi connectivity index (χ4n) is 2.50. The molecule has 1 aliphatic heterocycles. The van der Waals surface area contributed by atoms with Gasteiger partial charge in [0.1, 0.15) is 0 Å². The second-order valence-electron chi connectivity index (χ2n) is 4.71. The molecule has 1 aromatic rings. The Labute approximate surface area is 108 Å². The first kappa shape index (κ1) is 13.0. The van der Waals surface area contributed by atoms with E-state index in [1.165, 1.54) is 11.3 Å². The molecule has 1 aromatic heterocycles. The van der Waals surface area contributed by atoms with E-state index in [-0.39, 0.29) is 0 Å². The normalized spacial score (nSPS) is 24.1. The van der Waals surface area contributed by atoms with E-state index in [4.69, 9.17) is 10.5 Å². The summed E-state index contributed by atoms with van der Waals surface area (Å²) in [5.41, 5.74) is 5.93. The molecule has 1 fully saturated rings. The van der Waals surface area contributed by atoms with Crippen molar-refractivity contribution in [2.45, 2.75) is 38.0 Å². The first-order valence-electron chi connectivity index (χ1n) is 6.31. The van der Waals surface area contributed by atoms with Gasteiger partial charge < -0.3 is 10.5 Å². The fourth-order valence-corrected chi connectivity index (χ4v) is 3.34. The molecule has 17 heavy (non-hydrogen) atoms. The summed E-state index contributed by atoms with van der Waals surface area (Å²) in [6.45, 7) is 3.79. The van der Waals surface area contributed by atoms with Gasteiger partial charge in [-0.3, -0.25) is 4.90 Å². The number of hydrogen-bond acceptors (Lipinski definition) is 4. The van der Waals surface area contributed by atoms with Crippen LogP contribution in [0, 0.1) is 0 Å². The van der Waals surface area contributed by atoms with Gasteiger partial charge >= 0.3 is 0 Å². The van der Waals surface area contributed by atoms with Crippen molar-refractivity contribution in [3.63, 3.8) is 0 Å². The first-order chi connectivity index (χ1) is 8.24. The minimum atomic E-state index is 0.312. The Kier molecular flexibility index (Phi) is 4.56. The zero-order chi connectivity index (χ0) is 12.3. The van der Waals surface area contributed by atoms with Crippen LogP contribution >= 0.6 is 11.3 Å². The zero-order valence-corrected chi connectivity index (χ0v) is 11.5. The van der Waals surface area contributed by atoms with Crippen molar-refractivity contribution < 1.29 is 4.74 Å². The molecule has 2 heterocycles. The van der Waals surface area contributed by atoms with E-state index in [9.17, 15) is 0 Å². The van der Waals surface area contributed by atoms with Crippen molar-refractivity contribution >= 4 is 11.3 Å². The molecule has 0 bridgehead atoms. The van der Waals surface area contributed by atoms with Gasteiger partial charge in [0.05, 0.1) is 6.10 Å². The van der Waals surface area contributed by atoms with Crippen LogP contribution in [-0.4, -0.2) is 37.2 Å². The Bertz CT molecular complexity index is 322. The number of ether oxygens (including phenoxy) is 1. The van der Waals surface area contributed by atoms with Crippen molar-refractivity contribution in [3.05, 3.63) is 22.4 Å². The summed E-state index contributed by atoms with van der Waals surface area (Å²) in [5.74, 6) is 0. The van der Waals surface area contributed by atoms with E-state index < -0.39 is 0 Å². The molecule has 0 aliphatic carbocycles. The summed E-state index contributed by atoms with van der Waals surface area (Å²) >= 11 is 1.81. The Hall–Kier alpha value is -0.420. The average Bonchev–Trinajstić information content (AvgIpc) is 3.01. The van der Waals surface area contributed by atoms with Crippen molar-refractivity contribution in [2.24, 2.45) is 5.73 Å². The Morgan fingerprint density at radius 3 is 3.00 bits per heavy atom. The van der Waals surface area contributed by atoms with E-state index in [1.807, 2.05) is 0 Å². The third kappa shape index (κ3) is 2.88. The molecule has 1 saturated heterocycles. The average molecular weight is 254 g/mol. The second-order valence-corrected chi connectivity index (χ2v) is 5.69. The molecule has 3 atom stereocenters. The van der Waals surface area contributed by atoms with Crippen molar-refractivity contribution in [2.75, 3.05) is 20.2 Å². The maximum atomic E-state index is 5.93. The van der Waals surface area contributed by atoms with Crippen molar-refractivity contribution in [3.8, 4) is 0 Å². The van der Waals surface area contributed by atoms with Gasteiger partial charge in [0.15, 0.2) is 0 Å². The topological polar surface area (TPSA) is 38.5 Å². The number of hydrogen-bond donors (Lipinski definition) is 1. The molecule has 2 N–H and O–H groups in total. The molecule has 4 heteroatoms. The van der Waals surface area contributed by atoms with Crippen LogP contribution < -0.4 is 5.73 Å². The largest absolute Gasteiger partial charge is 0.377 e. The van der Waals surface area contributed by atoms with Gasteiger partial charge in [-0.05, 0) is 38.3 Å². The number of likely N-dealkylation sites (N-methyl/N-ethyl adjacent to an activating group) is 1.